The van der Waals surface area contributed by atoms with Crippen LogP contribution in [0.2, 0.25) is 0 Å². The van der Waals surface area contributed by atoms with Crippen LogP contribution in [0, 0.1) is 13.8 Å². The van der Waals surface area contributed by atoms with E-state index in [1.807, 2.05) is 49.4 Å². The van der Waals surface area contributed by atoms with E-state index in [1.165, 1.54) is 18.2 Å². The van der Waals surface area contributed by atoms with Crippen molar-refractivity contribution in [1.82, 2.24) is 5.32 Å². The van der Waals surface area contributed by atoms with Gasteiger partial charge < -0.3 is 14.9 Å². The molecule has 0 aliphatic heterocycles. The van der Waals surface area contributed by atoms with Gasteiger partial charge in [-0.1, -0.05) is 35.5 Å². The Morgan fingerprint density at radius 1 is 1.12 bits per heavy atom. The first-order valence-electron chi connectivity index (χ1n) is 7.68. The molecule has 0 fully saturated rings. The minimum absolute atomic E-state index is 0.222. The van der Waals surface area contributed by atoms with Crippen LogP contribution in [0.15, 0.2) is 47.6 Å². The Morgan fingerprint density at radius 2 is 1.88 bits per heavy atom. The van der Waals surface area contributed by atoms with Crippen molar-refractivity contribution in [3.63, 3.8) is 0 Å². The summed E-state index contributed by atoms with van der Waals surface area (Å²) in [6, 6.07) is 13.4. The molecule has 0 aromatic heterocycles. The average molecular weight is 326 g/mol. The lowest BCUT2D eigenvalue weighted by Crippen LogP contribution is -2.29. The third-order valence-electron chi connectivity index (χ3n) is 3.77. The summed E-state index contributed by atoms with van der Waals surface area (Å²) in [6.45, 7) is 4.44. The van der Waals surface area contributed by atoms with Gasteiger partial charge in [0.2, 0.25) is 0 Å². The summed E-state index contributed by atoms with van der Waals surface area (Å²) in [5.74, 6) is 0.480. The fourth-order valence-electron chi connectivity index (χ4n) is 2.26. The van der Waals surface area contributed by atoms with Crippen molar-refractivity contribution in [1.29, 1.82) is 0 Å². The van der Waals surface area contributed by atoms with Crippen molar-refractivity contribution in [3.05, 3.63) is 64.7 Å². The number of carbonyl (C=O) groups is 1. The second-order valence-electron chi connectivity index (χ2n) is 5.39. The molecule has 126 valence electrons. The van der Waals surface area contributed by atoms with Crippen molar-refractivity contribution >= 4 is 11.6 Å². The van der Waals surface area contributed by atoms with Crippen molar-refractivity contribution in [2.75, 3.05) is 14.2 Å². The summed E-state index contributed by atoms with van der Waals surface area (Å²) in [7, 11) is 2.97. The molecule has 0 heterocycles. The van der Waals surface area contributed by atoms with Gasteiger partial charge in [0.1, 0.15) is 19.5 Å². The molecule has 5 nitrogen and oxygen atoms in total. The van der Waals surface area contributed by atoms with Crippen LogP contribution in [0.4, 0.5) is 0 Å². The molecule has 0 saturated heterocycles. The summed E-state index contributed by atoms with van der Waals surface area (Å²) in [6.07, 6.45) is 0. The van der Waals surface area contributed by atoms with E-state index in [0.29, 0.717) is 12.2 Å². The number of oxime groups is 1. The van der Waals surface area contributed by atoms with E-state index in [4.69, 9.17) is 9.57 Å². The van der Waals surface area contributed by atoms with Crippen LogP contribution < -0.4 is 10.1 Å². The average Bonchev–Trinajstić information content (AvgIpc) is 2.60. The highest BCUT2D eigenvalue weighted by Gasteiger charge is 2.17. The predicted molar refractivity (Wildman–Crippen MR) is 94.3 cm³/mol. The molecular formula is C19H22N2O3. The van der Waals surface area contributed by atoms with Gasteiger partial charge in [0, 0.05) is 12.6 Å². The van der Waals surface area contributed by atoms with Crippen LogP contribution in [0.3, 0.4) is 0 Å². The molecule has 0 spiro atoms. The standard InChI is InChI=1S/C19H22N2O3/c1-13-9-10-16(11-14(13)2)24-12-15-7-5-6-8-17(15)18(21-23-4)19(22)20-3/h5-11H,12H2,1-4H3,(H,20,22)/b21-18-. The van der Waals surface area contributed by atoms with Gasteiger partial charge in [-0.25, -0.2) is 0 Å². The monoisotopic (exact) mass is 326 g/mol. The Labute approximate surface area is 142 Å². The molecule has 5 heteroatoms. The zero-order valence-corrected chi connectivity index (χ0v) is 14.4. The number of nitrogens with zero attached hydrogens (tertiary/aromatic N) is 1. The molecule has 1 N–H and O–H groups in total. The van der Waals surface area contributed by atoms with Crippen LogP contribution in [0.1, 0.15) is 22.3 Å². The molecule has 0 atom stereocenters. The van der Waals surface area contributed by atoms with E-state index in [9.17, 15) is 4.79 Å². The third kappa shape index (κ3) is 4.13. The zero-order chi connectivity index (χ0) is 17.5. The number of hydrogen-bond acceptors (Lipinski definition) is 4. The van der Waals surface area contributed by atoms with E-state index in [-0.39, 0.29) is 11.6 Å². The SMILES string of the molecule is CNC(=O)/C(=N\OC)c1ccccc1COc1ccc(C)c(C)c1. The number of benzene rings is 2. The van der Waals surface area contributed by atoms with E-state index < -0.39 is 0 Å². The minimum atomic E-state index is -0.310. The quantitative estimate of drug-likeness (QED) is 0.656. The summed E-state index contributed by atoms with van der Waals surface area (Å²) >= 11 is 0. The Bertz CT molecular complexity index is 754. The molecule has 0 saturated carbocycles. The number of hydrogen-bond donors (Lipinski definition) is 1. The summed E-state index contributed by atoms with van der Waals surface area (Å²) in [5, 5.41) is 6.43. The smallest absolute Gasteiger partial charge is 0.273 e. The van der Waals surface area contributed by atoms with Crippen molar-refractivity contribution in [2.45, 2.75) is 20.5 Å². The first-order chi connectivity index (χ1) is 11.6. The van der Waals surface area contributed by atoms with Crippen LogP contribution in [0.5, 0.6) is 5.75 Å². The van der Waals surface area contributed by atoms with Crippen LogP contribution in [0.25, 0.3) is 0 Å². The second-order valence-corrected chi connectivity index (χ2v) is 5.39. The van der Waals surface area contributed by atoms with Gasteiger partial charge in [-0.15, -0.1) is 0 Å². The fourth-order valence-corrected chi connectivity index (χ4v) is 2.26. The maximum atomic E-state index is 12.0. The lowest BCUT2D eigenvalue weighted by atomic mass is 10.0. The molecule has 2 aromatic carbocycles. The predicted octanol–water partition coefficient (Wildman–Crippen LogP) is 2.98. The van der Waals surface area contributed by atoms with Gasteiger partial charge in [-0.2, -0.15) is 0 Å². The lowest BCUT2D eigenvalue weighted by Gasteiger charge is -2.13. The number of nitrogens with one attached hydrogen (secondary N) is 1. The Hall–Kier alpha value is -2.82. The van der Waals surface area contributed by atoms with E-state index in [0.717, 1.165) is 11.3 Å². The Kier molecular flexibility index (Phi) is 5.95. The normalized spacial score (nSPS) is 11.1. The molecule has 0 radical (unpaired) electrons. The summed E-state index contributed by atoms with van der Waals surface area (Å²) in [5.41, 5.74) is 4.15. The van der Waals surface area contributed by atoms with Crippen LogP contribution in [-0.2, 0) is 16.2 Å². The summed E-state index contributed by atoms with van der Waals surface area (Å²) < 4.78 is 5.88. The van der Waals surface area contributed by atoms with Gasteiger partial charge in [0.05, 0.1) is 0 Å². The van der Waals surface area contributed by atoms with Gasteiger partial charge in [-0.05, 0) is 42.7 Å². The molecular weight excluding hydrogens is 304 g/mol. The maximum Gasteiger partial charge on any atom is 0.273 e. The molecule has 1 amide bonds. The van der Waals surface area contributed by atoms with Crippen LogP contribution in [-0.4, -0.2) is 25.8 Å². The Balaban J connectivity index is 2.26. The molecule has 2 aromatic rings. The second kappa shape index (κ2) is 8.15. The van der Waals surface area contributed by atoms with Crippen LogP contribution >= 0.6 is 0 Å². The number of amides is 1. The summed E-state index contributed by atoms with van der Waals surface area (Å²) in [4.78, 5) is 16.9. The van der Waals surface area contributed by atoms with E-state index in [1.54, 1.807) is 7.05 Å². The van der Waals surface area contributed by atoms with Gasteiger partial charge >= 0.3 is 0 Å². The maximum absolute atomic E-state index is 12.0. The Morgan fingerprint density at radius 3 is 2.54 bits per heavy atom. The molecule has 0 unspecified atom stereocenters. The molecule has 0 bridgehead atoms. The first kappa shape index (κ1) is 17.5. The first-order valence-corrected chi connectivity index (χ1v) is 7.68. The number of carbonyl (C=O) groups excluding carboxylic acids is 1. The van der Waals surface area contributed by atoms with Gasteiger partial charge in [-0.3, -0.25) is 4.79 Å². The molecule has 0 aliphatic rings. The third-order valence-corrected chi connectivity index (χ3v) is 3.77. The molecule has 24 heavy (non-hydrogen) atoms. The number of likely N-dealkylation sites (N-methyl/N-ethyl adjacent to an activating group) is 1. The van der Waals surface area contributed by atoms with Crippen molar-refractivity contribution in [3.8, 4) is 5.75 Å². The minimum Gasteiger partial charge on any atom is -0.489 e. The zero-order valence-electron chi connectivity index (χ0n) is 14.4. The van der Waals surface area contributed by atoms with Gasteiger partial charge in [0.25, 0.3) is 5.91 Å². The van der Waals surface area contributed by atoms with E-state index >= 15 is 0 Å². The number of aryl methyl sites for hydroxylation is 2. The topological polar surface area (TPSA) is 59.9 Å². The number of rotatable bonds is 6. The number of ether oxygens (including phenoxy) is 1. The highest BCUT2D eigenvalue weighted by atomic mass is 16.6. The molecule has 2 rings (SSSR count). The van der Waals surface area contributed by atoms with Crippen molar-refractivity contribution < 1.29 is 14.4 Å². The lowest BCUT2D eigenvalue weighted by molar-refractivity contribution is -0.114. The highest BCUT2D eigenvalue weighted by Crippen LogP contribution is 2.19. The molecule has 0 aliphatic carbocycles. The van der Waals surface area contributed by atoms with E-state index in [2.05, 4.69) is 17.4 Å². The van der Waals surface area contributed by atoms with Crippen molar-refractivity contribution in [2.24, 2.45) is 5.16 Å². The largest absolute Gasteiger partial charge is 0.489 e. The van der Waals surface area contributed by atoms with Gasteiger partial charge in [0.15, 0.2) is 5.71 Å². The fraction of sp³-hybridized carbons (Fsp3) is 0.263. The highest BCUT2D eigenvalue weighted by molar-refractivity contribution is 6.45.